The maximum Gasteiger partial charge on any atom is 0.206 e. The lowest BCUT2D eigenvalue weighted by atomic mass is 10.1. The van der Waals surface area contributed by atoms with Crippen LogP contribution in [0.3, 0.4) is 0 Å². The molecule has 3 heterocycles. The Morgan fingerprint density at radius 1 is 1.06 bits per heavy atom. The van der Waals surface area contributed by atoms with Crippen molar-refractivity contribution >= 4 is 22.8 Å². The fourth-order valence-electron chi connectivity index (χ4n) is 4.26. The number of allylic oxidation sites excluding steroid dienone is 1. The normalized spacial score (nSPS) is 15.4. The summed E-state index contributed by atoms with van der Waals surface area (Å²) in [5.41, 5.74) is 5.57. The van der Waals surface area contributed by atoms with Gasteiger partial charge in [-0.1, -0.05) is 30.4 Å². The average molecular weight is 415 g/mol. The number of aromatic amines is 1. The highest BCUT2D eigenvalue weighted by Gasteiger charge is 2.22. The van der Waals surface area contributed by atoms with E-state index < -0.39 is 0 Å². The van der Waals surface area contributed by atoms with E-state index in [1.54, 1.807) is 0 Å². The summed E-state index contributed by atoms with van der Waals surface area (Å²) in [6.07, 6.45) is 4.17. The summed E-state index contributed by atoms with van der Waals surface area (Å²) in [5.74, 6) is 1.74. The van der Waals surface area contributed by atoms with Crippen molar-refractivity contribution in [1.82, 2.24) is 35.1 Å². The van der Waals surface area contributed by atoms with Crippen molar-refractivity contribution in [2.75, 3.05) is 31.1 Å². The SMILES string of the molecule is C/C=C/c1ccc(-c2nn[nH]n2)c(N2CCN(Cc3nc4ccccc4n3C)CC2)c1. The van der Waals surface area contributed by atoms with Gasteiger partial charge in [-0.25, -0.2) is 4.98 Å². The van der Waals surface area contributed by atoms with Gasteiger partial charge >= 0.3 is 0 Å². The third-order valence-corrected chi connectivity index (χ3v) is 5.92. The van der Waals surface area contributed by atoms with E-state index >= 15 is 0 Å². The number of anilines is 1. The molecule has 4 aromatic rings. The molecule has 8 heteroatoms. The second kappa shape index (κ2) is 8.31. The second-order valence-electron chi connectivity index (χ2n) is 7.85. The first kappa shape index (κ1) is 19.4. The van der Waals surface area contributed by atoms with Crippen molar-refractivity contribution in [2.24, 2.45) is 7.05 Å². The van der Waals surface area contributed by atoms with Crippen LogP contribution in [0.25, 0.3) is 28.5 Å². The summed E-state index contributed by atoms with van der Waals surface area (Å²) in [5, 5.41) is 14.7. The Morgan fingerprint density at radius 3 is 2.65 bits per heavy atom. The van der Waals surface area contributed by atoms with Gasteiger partial charge < -0.3 is 9.47 Å². The lowest BCUT2D eigenvalue weighted by Crippen LogP contribution is -2.46. The van der Waals surface area contributed by atoms with Gasteiger partial charge in [0.05, 0.1) is 17.6 Å². The number of aromatic nitrogens is 6. The van der Waals surface area contributed by atoms with Crippen LogP contribution in [0.4, 0.5) is 5.69 Å². The highest BCUT2D eigenvalue weighted by atomic mass is 15.5. The predicted molar refractivity (Wildman–Crippen MR) is 123 cm³/mol. The molecule has 158 valence electrons. The monoisotopic (exact) mass is 414 g/mol. The van der Waals surface area contributed by atoms with Gasteiger partial charge in [-0.05, 0) is 42.0 Å². The van der Waals surface area contributed by atoms with Crippen LogP contribution >= 0.6 is 0 Å². The van der Waals surface area contributed by atoms with Crippen molar-refractivity contribution in [3.8, 4) is 11.4 Å². The van der Waals surface area contributed by atoms with Crippen LogP contribution < -0.4 is 4.90 Å². The smallest absolute Gasteiger partial charge is 0.206 e. The lowest BCUT2D eigenvalue weighted by Gasteiger charge is -2.36. The number of benzene rings is 2. The second-order valence-corrected chi connectivity index (χ2v) is 7.85. The molecule has 0 spiro atoms. The number of piperazine rings is 1. The van der Waals surface area contributed by atoms with Crippen LogP contribution in [0.15, 0.2) is 48.5 Å². The molecular formula is C23H26N8. The van der Waals surface area contributed by atoms with Gasteiger partial charge in [-0.15, -0.1) is 10.2 Å². The molecule has 31 heavy (non-hydrogen) atoms. The van der Waals surface area contributed by atoms with E-state index in [0.717, 1.165) is 55.3 Å². The van der Waals surface area contributed by atoms with Crippen LogP contribution in [-0.4, -0.2) is 61.3 Å². The fourth-order valence-corrected chi connectivity index (χ4v) is 4.26. The molecule has 1 aliphatic rings. The Labute approximate surface area is 181 Å². The summed E-state index contributed by atoms with van der Waals surface area (Å²) in [6.45, 7) is 6.72. The molecule has 0 aliphatic carbocycles. The number of rotatable bonds is 5. The average Bonchev–Trinajstić information content (AvgIpc) is 3.44. The first-order chi connectivity index (χ1) is 15.2. The lowest BCUT2D eigenvalue weighted by molar-refractivity contribution is 0.242. The predicted octanol–water partition coefficient (Wildman–Crippen LogP) is 3.11. The summed E-state index contributed by atoms with van der Waals surface area (Å²) < 4.78 is 2.20. The quantitative estimate of drug-likeness (QED) is 0.541. The summed E-state index contributed by atoms with van der Waals surface area (Å²) in [4.78, 5) is 9.73. The molecule has 0 unspecified atom stereocenters. The van der Waals surface area contributed by atoms with Gasteiger partial charge in [0.25, 0.3) is 0 Å². The van der Waals surface area contributed by atoms with E-state index in [1.807, 2.05) is 13.0 Å². The standard InChI is InChI=1S/C23H26N8/c1-3-6-17-9-10-18(23-25-27-28-26-23)21(15-17)31-13-11-30(12-14-31)16-22-24-19-7-4-5-8-20(19)29(22)2/h3-10,15H,11-14,16H2,1-2H3,(H,25,26,27,28)/b6-3+. The Kier molecular flexibility index (Phi) is 5.21. The zero-order valence-corrected chi connectivity index (χ0v) is 17.9. The van der Waals surface area contributed by atoms with Crippen LogP contribution in [-0.2, 0) is 13.6 Å². The highest BCUT2D eigenvalue weighted by molar-refractivity contribution is 5.77. The highest BCUT2D eigenvalue weighted by Crippen LogP contribution is 2.31. The van der Waals surface area contributed by atoms with Gasteiger partial charge in [0.1, 0.15) is 5.82 Å². The van der Waals surface area contributed by atoms with Crippen LogP contribution in [0.1, 0.15) is 18.3 Å². The molecule has 1 fully saturated rings. The largest absolute Gasteiger partial charge is 0.368 e. The number of para-hydroxylation sites is 2. The van der Waals surface area contributed by atoms with Gasteiger partial charge in [-0.2, -0.15) is 5.21 Å². The van der Waals surface area contributed by atoms with Gasteiger partial charge in [-0.3, -0.25) is 4.90 Å². The molecular weight excluding hydrogens is 388 g/mol. The van der Waals surface area contributed by atoms with Crippen molar-refractivity contribution in [2.45, 2.75) is 13.5 Å². The van der Waals surface area contributed by atoms with Crippen LogP contribution in [0.5, 0.6) is 0 Å². The summed E-state index contributed by atoms with van der Waals surface area (Å²) in [6, 6.07) is 14.7. The molecule has 8 nitrogen and oxygen atoms in total. The number of hydrogen-bond donors (Lipinski definition) is 1. The molecule has 5 rings (SSSR count). The minimum Gasteiger partial charge on any atom is -0.368 e. The molecule has 2 aromatic heterocycles. The first-order valence-corrected chi connectivity index (χ1v) is 10.6. The molecule has 2 aromatic carbocycles. The summed E-state index contributed by atoms with van der Waals surface area (Å²) in [7, 11) is 2.10. The van der Waals surface area contributed by atoms with E-state index in [2.05, 4.69) is 90.6 Å². The molecule has 0 radical (unpaired) electrons. The summed E-state index contributed by atoms with van der Waals surface area (Å²) >= 11 is 0. The zero-order chi connectivity index (χ0) is 21.2. The number of tetrazole rings is 1. The number of imidazole rings is 1. The van der Waals surface area contributed by atoms with Crippen molar-refractivity contribution in [3.05, 3.63) is 59.9 Å². The fraction of sp³-hybridized carbons (Fsp3) is 0.304. The molecule has 0 amide bonds. The first-order valence-electron chi connectivity index (χ1n) is 10.6. The Balaban J connectivity index is 1.34. The molecule has 0 atom stereocenters. The van der Waals surface area contributed by atoms with E-state index in [1.165, 1.54) is 11.1 Å². The number of H-pyrrole nitrogens is 1. The van der Waals surface area contributed by atoms with E-state index in [9.17, 15) is 0 Å². The number of nitrogens with zero attached hydrogens (tertiary/aromatic N) is 7. The van der Waals surface area contributed by atoms with E-state index in [0.29, 0.717) is 5.82 Å². The minimum atomic E-state index is 0.629. The van der Waals surface area contributed by atoms with Crippen molar-refractivity contribution < 1.29 is 0 Å². The van der Waals surface area contributed by atoms with Gasteiger partial charge in [0, 0.05) is 44.5 Å². The maximum atomic E-state index is 4.84. The third-order valence-electron chi connectivity index (χ3n) is 5.92. The molecule has 0 bridgehead atoms. The molecule has 1 N–H and O–H groups in total. The number of fused-ring (bicyclic) bond motifs is 1. The number of aryl methyl sites for hydroxylation is 1. The zero-order valence-electron chi connectivity index (χ0n) is 17.9. The maximum absolute atomic E-state index is 4.84. The van der Waals surface area contributed by atoms with Crippen molar-refractivity contribution in [3.63, 3.8) is 0 Å². The Morgan fingerprint density at radius 2 is 1.90 bits per heavy atom. The Hall–Kier alpha value is -3.52. The van der Waals surface area contributed by atoms with Crippen LogP contribution in [0.2, 0.25) is 0 Å². The molecule has 0 saturated carbocycles. The minimum absolute atomic E-state index is 0.629. The van der Waals surface area contributed by atoms with Gasteiger partial charge in [0.2, 0.25) is 5.82 Å². The van der Waals surface area contributed by atoms with E-state index in [-0.39, 0.29) is 0 Å². The van der Waals surface area contributed by atoms with Gasteiger partial charge in [0.15, 0.2) is 0 Å². The van der Waals surface area contributed by atoms with Crippen LogP contribution in [0, 0.1) is 0 Å². The topological polar surface area (TPSA) is 78.8 Å². The number of hydrogen-bond acceptors (Lipinski definition) is 6. The molecule has 1 aliphatic heterocycles. The number of nitrogens with one attached hydrogen (secondary N) is 1. The van der Waals surface area contributed by atoms with E-state index in [4.69, 9.17) is 4.98 Å². The molecule has 1 saturated heterocycles. The third kappa shape index (κ3) is 3.82. The Bertz CT molecular complexity index is 1200. The van der Waals surface area contributed by atoms with Crippen molar-refractivity contribution in [1.29, 1.82) is 0 Å².